The minimum absolute atomic E-state index is 0.0166. The predicted molar refractivity (Wildman–Crippen MR) is 86.4 cm³/mol. The highest BCUT2D eigenvalue weighted by Gasteiger charge is 2.22. The van der Waals surface area contributed by atoms with E-state index in [2.05, 4.69) is 4.72 Å². The summed E-state index contributed by atoms with van der Waals surface area (Å²) in [6.45, 7) is 3.73. The Labute approximate surface area is 135 Å². The Morgan fingerprint density at radius 2 is 1.76 bits per heavy atom. The lowest BCUT2D eigenvalue weighted by atomic mass is 10.0. The number of hydrogen-bond acceptors (Lipinski definition) is 2. The van der Waals surface area contributed by atoms with E-state index in [1.807, 2.05) is 31.2 Å². The number of nitrogens with one attached hydrogen (secondary N) is 1. The summed E-state index contributed by atoms with van der Waals surface area (Å²) < 4.78 is 27.5. The summed E-state index contributed by atoms with van der Waals surface area (Å²) in [5, 5.41) is 0.465. The minimum atomic E-state index is -3.74. The molecule has 0 amide bonds. The highest BCUT2D eigenvalue weighted by atomic mass is 35.5. The van der Waals surface area contributed by atoms with E-state index < -0.39 is 10.0 Å². The van der Waals surface area contributed by atoms with E-state index in [0.717, 1.165) is 11.1 Å². The minimum Gasteiger partial charge on any atom is -0.207 e. The van der Waals surface area contributed by atoms with E-state index in [-0.39, 0.29) is 16.0 Å². The van der Waals surface area contributed by atoms with Crippen LogP contribution in [0.3, 0.4) is 0 Å². The maximum absolute atomic E-state index is 12.4. The summed E-state index contributed by atoms with van der Waals surface area (Å²) in [6.07, 6.45) is 0. The molecule has 1 atom stereocenters. The Hall–Kier alpha value is -1.07. The molecule has 2 rings (SSSR count). The molecule has 3 nitrogen and oxygen atoms in total. The van der Waals surface area contributed by atoms with Crippen LogP contribution in [-0.2, 0) is 10.0 Å². The molecule has 0 bridgehead atoms. The second-order valence-corrected chi connectivity index (χ2v) is 7.30. The quantitative estimate of drug-likeness (QED) is 0.897. The Kier molecular flexibility index (Phi) is 4.94. The van der Waals surface area contributed by atoms with Crippen LogP contribution in [0.5, 0.6) is 0 Å². The highest BCUT2D eigenvalue weighted by molar-refractivity contribution is 7.89. The molecule has 21 heavy (non-hydrogen) atoms. The van der Waals surface area contributed by atoms with E-state index in [1.54, 1.807) is 13.0 Å². The van der Waals surface area contributed by atoms with Crippen molar-refractivity contribution in [3.05, 3.63) is 63.6 Å². The van der Waals surface area contributed by atoms with Crippen LogP contribution < -0.4 is 4.72 Å². The maximum Gasteiger partial charge on any atom is 0.242 e. The first-order chi connectivity index (χ1) is 9.81. The molecule has 0 aliphatic carbocycles. The van der Waals surface area contributed by atoms with Gasteiger partial charge in [0, 0.05) is 11.1 Å². The molecular weight excluding hydrogens is 329 g/mol. The first-order valence-corrected chi connectivity index (χ1v) is 8.58. The molecular formula is C15H15Cl2NO2S. The van der Waals surface area contributed by atoms with Gasteiger partial charge in [0.05, 0.1) is 5.02 Å². The van der Waals surface area contributed by atoms with Crippen LogP contribution in [0.4, 0.5) is 0 Å². The maximum atomic E-state index is 12.4. The molecule has 0 heterocycles. The monoisotopic (exact) mass is 343 g/mol. The summed E-state index contributed by atoms with van der Waals surface area (Å²) in [4.78, 5) is -0.0166. The lowest BCUT2D eigenvalue weighted by Crippen LogP contribution is -2.27. The molecule has 2 aromatic rings. The third kappa shape index (κ3) is 3.77. The van der Waals surface area contributed by atoms with E-state index >= 15 is 0 Å². The second-order valence-electron chi connectivity index (χ2n) is 4.77. The van der Waals surface area contributed by atoms with Crippen molar-refractivity contribution in [2.24, 2.45) is 0 Å². The van der Waals surface area contributed by atoms with E-state index in [4.69, 9.17) is 23.2 Å². The number of aryl methyl sites for hydroxylation is 1. The third-order valence-corrected chi connectivity index (χ3v) is 5.43. The van der Waals surface area contributed by atoms with Gasteiger partial charge in [-0.3, -0.25) is 0 Å². The average molecular weight is 344 g/mol. The number of benzene rings is 2. The molecule has 0 aromatic heterocycles. The summed E-state index contributed by atoms with van der Waals surface area (Å²) in [7, 11) is -3.74. The van der Waals surface area contributed by atoms with Crippen LogP contribution >= 0.6 is 23.2 Å². The van der Waals surface area contributed by atoms with Crippen molar-refractivity contribution in [1.29, 1.82) is 0 Å². The Balaban J connectivity index is 2.34. The molecule has 112 valence electrons. The smallest absolute Gasteiger partial charge is 0.207 e. The van der Waals surface area contributed by atoms with Crippen molar-refractivity contribution < 1.29 is 8.42 Å². The summed E-state index contributed by atoms with van der Waals surface area (Å²) in [6, 6.07) is 11.6. The molecule has 0 saturated heterocycles. The van der Waals surface area contributed by atoms with E-state index in [1.165, 1.54) is 12.1 Å². The molecule has 0 aliphatic rings. The molecule has 0 aliphatic heterocycles. The molecule has 2 aromatic carbocycles. The first-order valence-electron chi connectivity index (χ1n) is 6.34. The number of hydrogen-bond donors (Lipinski definition) is 1. The van der Waals surface area contributed by atoms with Crippen LogP contribution in [0, 0.1) is 6.92 Å². The van der Waals surface area contributed by atoms with Crippen molar-refractivity contribution in [2.45, 2.75) is 24.8 Å². The van der Waals surface area contributed by atoms with Gasteiger partial charge >= 0.3 is 0 Å². The van der Waals surface area contributed by atoms with Crippen molar-refractivity contribution in [1.82, 2.24) is 4.72 Å². The molecule has 6 heteroatoms. The largest absolute Gasteiger partial charge is 0.242 e. The van der Waals surface area contributed by atoms with Gasteiger partial charge in [-0.05, 0) is 43.2 Å². The lowest BCUT2D eigenvalue weighted by molar-refractivity contribution is 0.566. The fraction of sp³-hybridized carbons (Fsp3) is 0.200. The Morgan fingerprint density at radius 3 is 2.43 bits per heavy atom. The zero-order valence-corrected chi connectivity index (χ0v) is 13.9. The molecule has 1 N–H and O–H groups in total. The normalized spacial score (nSPS) is 13.1. The van der Waals surface area contributed by atoms with Gasteiger partial charge in [0.15, 0.2) is 0 Å². The van der Waals surface area contributed by atoms with E-state index in [9.17, 15) is 8.42 Å². The van der Waals surface area contributed by atoms with Gasteiger partial charge in [-0.15, -0.1) is 0 Å². The van der Waals surface area contributed by atoms with Gasteiger partial charge < -0.3 is 0 Å². The third-order valence-electron chi connectivity index (χ3n) is 3.17. The first kappa shape index (κ1) is 16.3. The summed E-state index contributed by atoms with van der Waals surface area (Å²) in [5.41, 5.74) is 1.93. The lowest BCUT2D eigenvalue weighted by Gasteiger charge is -2.17. The molecule has 1 unspecified atom stereocenters. The molecule has 0 radical (unpaired) electrons. The van der Waals surface area contributed by atoms with Gasteiger partial charge in [0.2, 0.25) is 10.0 Å². The van der Waals surface area contributed by atoms with Crippen molar-refractivity contribution in [2.75, 3.05) is 0 Å². The standard InChI is InChI=1S/C15H15Cl2NO2S/c1-10-5-3-4-6-13(10)11(2)18-21(19,20)15-9-12(16)7-8-14(15)17/h3-9,11,18H,1-2H3. The van der Waals surface area contributed by atoms with Gasteiger partial charge in [-0.1, -0.05) is 47.5 Å². The van der Waals surface area contributed by atoms with Crippen LogP contribution in [0.2, 0.25) is 10.0 Å². The molecule has 0 spiro atoms. The van der Waals surface area contributed by atoms with Crippen LogP contribution in [0.15, 0.2) is 47.4 Å². The molecule has 0 saturated carbocycles. The van der Waals surface area contributed by atoms with Gasteiger partial charge in [0.25, 0.3) is 0 Å². The van der Waals surface area contributed by atoms with Gasteiger partial charge in [-0.2, -0.15) is 0 Å². The number of sulfonamides is 1. The topological polar surface area (TPSA) is 46.2 Å². The Bertz CT molecular complexity index is 760. The fourth-order valence-corrected chi connectivity index (χ4v) is 4.10. The number of rotatable bonds is 4. The number of halogens is 2. The van der Waals surface area contributed by atoms with Crippen molar-refractivity contribution in [3.8, 4) is 0 Å². The predicted octanol–water partition coefficient (Wildman–Crippen LogP) is 4.34. The van der Waals surface area contributed by atoms with Crippen LogP contribution in [-0.4, -0.2) is 8.42 Å². The summed E-state index contributed by atoms with van der Waals surface area (Å²) >= 11 is 11.8. The van der Waals surface area contributed by atoms with Crippen molar-refractivity contribution >= 4 is 33.2 Å². The van der Waals surface area contributed by atoms with Gasteiger partial charge in [0.1, 0.15) is 4.90 Å². The Morgan fingerprint density at radius 1 is 1.10 bits per heavy atom. The molecule has 0 fully saturated rings. The van der Waals surface area contributed by atoms with Crippen LogP contribution in [0.1, 0.15) is 24.1 Å². The zero-order valence-electron chi connectivity index (χ0n) is 11.6. The zero-order chi connectivity index (χ0) is 15.6. The highest BCUT2D eigenvalue weighted by Crippen LogP contribution is 2.27. The summed E-state index contributed by atoms with van der Waals surface area (Å²) in [5.74, 6) is 0. The van der Waals surface area contributed by atoms with Crippen molar-refractivity contribution in [3.63, 3.8) is 0 Å². The average Bonchev–Trinajstić information content (AvgIpc) is 2.41. The SMILES string of the molecule is Cc1ccccc1C(C)NS(=O)(=O)c1cc(Cl)ccc1Cl. The second kappa shape index (κ2) is 6.36. The van der Waals surface area contributed by atoms with Gasteiger partial charge in [-0.25, -0.2) is 13.1 Å². The van der Waals surface area contributed by atoms with Crippen LogP contribution in [0.25, 0.3) is 0 Å². The fourth-order valence-electron chi connectivity index (χ4n) is 2.12. The van der Waals surface area contributed by atoms with E-state index in [0.29, 0.717) is 5.02 Å².